The van der Waals surface area contributed by atoms with Crippen LogP contribution in [0.3, 0.4) is 0 Å². The molecule has 2 aliphatic carbocycles. The highest BCUT2D eigenvalue weighted by Gasteiger charge is 2.47. The van der Waals surface area contributed by atoms with Crippen molar-refractivity contribution < 1.29 is 18.3 Å². The molecule has 1 aromatic carbocycles. The first-order valence-electron chi connectivity index (χ1n) is 9.06. The lowest BCUT2D eigenvalue weighted by Crippen LogP contribution is -2.55. The van der Waals surface area contributed by atoms with E-state index in [1.54, 1.807) is 24.3 Å². The van der Waals surface area contributed by atoms with Crippen LogP contribution in [0.15, 0.2) is 29.2 Å². The minimum atomic E-state index is -3.23. The lowest BCUT2D eigenvalue weighted by Gasteiger charge is -2.44. The highest BCUT2D eigenvalue weighted by Crippen LogP contribution is 2.44. The van der Waals surface area contributed by atoms with E-state index in [1.165, 1.54) is 6.26 Å². The third-order valence-electron chi connectivity index (χ3n) is 5.95. The fourth-order valence-electron chi connectivity index (χ4n) is 4.02. The van der Waals surface area contributed by atoms with E-state index in [0.717, 1.165) is 44.1 Å². The number of hydrogen-bond acceptors (Lipinski definition) is 4. The maximum atomic E-state index is 13.0. The number of carbonyl (C=O) groups excluding carboxylic acids is 1. The number of nitrogens with one attached hydrogen (secondary N) is 1. The van der Waals surface area contributed by atoms with Crippen LogP contribution in [-0.4, -0.2) is 37.8 Å². The molecule has 25 heavy (non-hydrogen) atoms. The molecule has 2 N–H and O–H groups in total. The SMILES string of the molecule is CC[C@H](NC(=O)C1(c2ccc(S(C)(=O)=O)cc2)CCC1)C1CC(O)C1. The van der Waals surface area contributed by atoms with Gasteiger partial charge in [-0.25, -0.2) is 8.42 Å². The molecular formula is C19H27NO4S. The van der Waals surface area contributed by atoms with Crippen LogP contribution in [0.4, 0.5) is 0 Å². The lowest BCUT2D eigenvalue weighted by atomic mass is 9.63. The molecule has 1 aromatic rings. The van der Waals surface area contributed by atoms with Crippen LogP contribution in [0.25, 0.3) is 0 Å². The van der Waals surface area contributed by atoms with Gasteiger partial charge in [-0.2, -0.15) is 0 Å². The molecule has 2 fully saturated rings. The van der Waals surface area contributed by atoms with E-state index < -0.39 is 15.3 Å². The van der Waals surface area contributed by atoms with Gasteiger partial charge in [0.25, 0.3) is 0 Å². The van der Waals surface area contributed by atoms with Crippen molar-refractivity contribution in [2.45, 2.75) is 67.9 Å². The van der Waals surface area contributed by atoms with E-state index in [9.17, 15) is 18.3 Å². The fourth-order valence-corrected chi connectivity index (χ4v) is 4.65. The van der Waals surface area contributed by atoms with Crippen molar-refractivity contribution in [1.82, 2.24) is 5.32 Å². The number of hydrogen-bond donors (Lipinski definition) is 2. The summed E-state index contributed by atoms with van der Waals surface area (Å²) in [4.78, 5) is 13.3. The lowest BCUT2D eigenvalue weighted by molar-refractivity contribution is -0.131. The molecule has 5 nitrogen and oxygen atoms in total. The number of carbonyl (C=O) groups is 1. The van der Waals surface area contributed by atoms with Gasteiger partial charge < -0.3 is 10.4 Å². The van der Waals surface area contributed by atoms with E-state index in [2.05, 4.69) is 12.2 Å². The first-order chi connectivity index (χ1) is 11.8. The van der Waals surface area contributed by atoms with E-state index in [4.69, 9.17) is 0 Å². The van der Waals surface area contributed by atoms with Crippen LogP contribution in [0.1, 0.15) is 51.0 Å². The highest BCUT2D eigenvalue weighted by atomic mass is 32.2. The van der Waals surface area contributed by atoms with Gasteiger partial charge in [-0.3, -0.25) is 4.79 Å². The van der Waals surface area contributed by atoms with Gasteiger partial charge in [-0.15, -0.1) is 0 Å². The minimum Gasteiger partial charge on any atom is -0.393 e. The summed E-state index contributed by atoms with van der Waals surface area (Å²) in [5.41, 5.74) is 0.360. The zero-order valence-corrected chi connectivity index (χ0v) is 15.7. The molecule has 6 heteroatoms. The molecule has 2 aliphatic rings. The Labute approximate surface area is 149 Å². The summed E-state index contributed by atoms with van der Waals surface area (Å²) in [5, 5.41) is 12.7. The molecule has 138 valence electrons. The Kier molecular flexibility index (Phi) is 4.95. The maximum Gasteiger partial charge on any atom is 0.230 e. The van der Waals surface area contributed by atoms with E-state index in [-0.39, 0.29) is 22.9 Å². The zero-order valence-electron chi connectivity index (χ0n) is 14.9. The summed E-state index contributed by atoms with van der Waals surface area (Å²) < 4.78 is 23.3. The van der Waals surface area contributed by atoms with Crippen LogP contribution in [0.5, 0.6) is 0 Å². The Bertz CT molecular complexity index is 731. The number of sulfone groups is 1. The summed E-state index contributed by atoms with van der Waals surface area (Å²) in [6.07, 6.45) is 5.92. The Balaban J connectivity index is 1.77. The van der Waals surface area contributed by atoms with E-state index in [0.29, 0.717) is 5.92 Å². The van der Waals surface area contributed by atoms with Gasteiger partial charge in [0.05, 0.1) is 16.4 Å². The quantitative estimate of drug-likeness (QED) is 0.809. The summed E-state index contributed by atoms with van der Waals surface area (Å²) in [6, 6.07) is 6.85. The third-order valence-corrected chi connectivity index (χ3v) is 7.08. The number of aliphatic hydroxyl groups is 1. The van der Waals surface area contributed by atoms with Crippen molar-refractivity contribution in [2.75, 3.05) is 6.26 Å². The molecule has 0 saturated heterocycles. The predicted octanol–water partition coefficient (Wildman–Crippen LogP) is 2.18. The molecule has 0 aliphatic heterocycles. The summed E-state index contributed by atoms with van der Waals surface area (Å²) in [5.74, 6) is 0.396. The molecule has 0 spiro atoms. The van der Waals surface area contributed by atoms with Gasteiger partial charge in [-0.1, -0.05) is 25.5 Å². The Morgan fingerprint density at radius 1 is 1.28 bits per heavy atom. The molecule has 3 rings (SSSR count). The molecule has 0 unspecified atom stereocenters. The fraction of sp³-hybridized carbons (Fsp3) is 0.632. The van der Waals surface area contributed by atoms with Crippen molar-refractivity contribution in [2.24, 2.45) is 5.92 Å². The largest absolute Gasteiger partial charge is 0.393 e. The average molecular weight is 365 g/mol. The van der Waals surface area contributed by atoms with Crippen molar-refractivity contribution in [3.05, 3.63) is 29.8 Å². The molecule has 1 atom stereocenters. The first kappa shape index (κ1) is 18.4. The van der Waals surface area contributed by atoms with Crippen molar-refractivity contribution >= 4 is 15.7 Å². The second-order valence-corrected chi connectivity index (χ2v) is 9.62. The van der Waals surface area contributed by atoms with Crippen LogP contribution in [-0.2, 0) is 20.0 Å². The topological polar surface area (TPSA) is 83.5 Å². The van der Waals surface area contributed by atoms with E-state index >= 15 is 0 Å². The summed E-state index contributed by atoms with van der Waals surface area (Å²) in [6.45, 7) is 2.06. The number of benzene rings is 1. The van der Waals surface area contributed by atoms with Crippen LogP contribution in [0.2, 0.25) is 0 Å². The maximum absolute atomic E-state index is 13.0. The monoisotopic (exact) mass is 365 g/mol. The van der Waals surface area contributed by atoms with Crippen molar-refractivity contribution in [3.8, 4) is 0 Å². The molecule has 1 amide bonds. The Morgan fingerprint density at radius 2 is 1.88 bits per heavy atom. The average Bonchev–Trinajstić information content (AvgIpc) is 2.48. The second kappa shape index (κ2) is 6.72. The smallest absolute Gasteiger partial charge is 0.230 e. The number of aliphatic hydroxyl groups excluding tert-OH is 1. The molecular weight excluding hydrogens is 338 g/mol. The van der Waals surface area contributed by atoms with Gasteiger partial charge in [0.1, 0.15) is 0 Å². The van der Waals surface area contributed by atoms with Crippen molar-refractivity contribution in [3.63, 3.8) is 0 Å². The van der Waals surface area contributed by atoms with Crippen LogP contribution >= 0.6 is 0 Å². The molecule has 0 bridgehead atoms. The summed E-state index contributed by atoms with van der Waals surface area (Å²) in [7, 11) is -3.23. The van der Waals surface area contributed by atoms with Gasteiger partial charge in [0, 0.05) is 12.3 Å². The van der Waals surface area contributed by atoms with Crippen molar-refractivity contribution in [1.29, 1.82) is 0 Å². The first-order valence-corrected chi connectivity index (χ1v) is 10.9. The second-order valence-electron chi connectivity index (χ2n) is 7.61. The minimum absolute atomic E-state index is 0.0408. The van der Waals surface area contributed by atoms with Gasteiger partial charge in [0.2, 0.25) is 5.91 Å². The number of amides is 1. The zero-order chi connectivity index (χ0) is 18.2. The van der Waals surface area contributed by atoms with Crippen LogP contribution in [0, 0.1) is 5.92 Å². The normalized spacial score (nSPS) is 26.2. The van der Waals surface area contributed by atoms with Crippen LogP contribution < -0.4 is 5.32 Å². The van der Waals surface area contributed by atoms with Gasteiger partial charge >= 0.3 is 0 Å². The summed E-state index contributed by atoms with van der Waals surface area (Å²) >= 11 is 0. The molecule has 0 heterocycles. The molecule has 2 saturated carbocycles. The predicted molar refractivity (Wildman–Crippen MR) is 96.0 cm³/mol. The Hall–Kier alpha value is -1.40. The number of rotatable bonds is 6. The third kappa shape index (κ3) is 3.47. The van der Waals surface area contributed by atoms with Gasteiger partial charge in [0.15, 0.2) is 9.84 Å². The molecule has 0 aromatic heterocycles. The highest BCUT2D eigenvalue weighted by molar-refractivity contribution is 7.90. The van der Waals surface area contributed by atoms with Gasteiger partial charge in [-0.05, 0) is 55.7 Å². The molecule has 0 radical (unpaired) electrons. The standard InChI is InChI=1S/C19H27NO4S/c1-3-17(13-11-15(21)12-13)20-18(22)19(9-4-10-19)14-5-7-16(8-6-14)25(2,23)24/h5-8,13,15,17,21H,3-4,9-12H2,1-2H3,(H,20,22)/t13?,15?,17-/m0/s1. The Morgan fingerprint density at radius 3 is 2.28 bits per heavy atom. The van der Waals surface area contributed by atoms with E-state index in [1.807, 2.05) is 0 Å².